The molecule has 7 heteroatoms. The predicted molar refractivity (Wildman–Crippen MR) is 115 cm³/mol. The summed E-state index contributed by atoms with van der Waals surface area (Å²) in [5.41, 5.74) is 3.44. The number of anilines is 1. The lowest BCUT2D eigenvalue weighted by Crippen LogP contribution is -2.41. The molecule has 0 radical (unpaired) electrons. The summed E-state index contributed by atoms with van der Waals surface area (Å²) in [4.78, 5) is 12.9. The van der Waals surface area contributed by atoms with Gasteiger partial charge in [-0.2, -0.15) is 0 Å². The number of rotatable bonds is 4. The van der Waals surface area contributed by atoms with Crippen LogP contribution in [0.2, 0.25) is 0 Å². The molecule has 1 amide bonds. The normalized spacial score (nSPS) is 17.8. The van der Waals surface area contributed by atoms with Crippen molar-refractivity contribution in [1.82, 2.24) is 5.32 Å². The molecule has 0 unspecified atom stereocenters. The van der Waals surface area contributed by atoms with Crippen LogP contribution in [-0.2, 0) is 10.0 Å². The van der Waals surface area contributed by atoms with Crippen LogP contribution in [0.15, 0.2) is 36.4 Å². The second-order valence-electron chi connectivity index (χ2n) is 8.36. The van der Waals surface area contributed by atoms with Gasteiger partial charge >= 0.3 is 0 Å². The third-order valence-electron chi connectivity index (χ3n) is 5.23. The van der Waals surface area contributed by atoms with E-state index < -0.39 is 15.6 Å². The van der Waals surface area contributed by atoms with Gasteiger partial charge in [0.25, 0.3) is 5.91 Å². The molecular formula is C22H28N2O4S. The summed E-state index contributed by atoms with van der Waals surface area (Å²) in [5, 5.41) is 3.12. The average molecular weight is 417 g/mol. The Bertz CT molecular complexity index is 1060. The Hall–Kier alpha value is -2.54. The topological polar surface area (TPSA) is 75.7 Å². The van der Waals surface area contributed by atoms with Crippen molar-refractivity contribution in [2.75, 3.05) is 17.6 Å². The molecule has 0 bridgehead atoms. The molecule has 156 valence electrons. The van der Waals surface area contributed by atoms with Crippen molar-refractivity contribution in [3.05, 3.63) is 58.7 Å². The molecule has 0 fully saturated rings. The van der Waals surface area contributed by atoms with E-state index in [9.17, 15) is 13.2 Å². The quantitative estimate of drug-likeness (QED) is 0.824. The van der Waals surface area contributed by atoms with Crippen LogP contribution in [0.25, 0.3) is 0 Å². The Balaban J connectivity index is 1.86. The van der Waals surface area contributed by atoms with Crippen molar-refractivity contribution < 1.29 is 17.9 Å². The molecule has 0 spiro atoms. The van der Waals surface area contributed by atoms with Gasteiger partial charge in [-0.05, 0) is 63.1 Å². The third-order valence-corrected chi connectivity index (χ3v) is 6.42. The van der Waals surface area contributed by atoms with Crippen LogP contribution in [-0.4, -0.2) is 33.2 Å². The molecule has 0 saturated carbocycles. The summed E-state index contributed by atoms with van der Waals surface area (Å²) in [5.74, 6) is 0.601. The lowest BCUT2D eigenvalue weighted by atomic mass is 9.89. The van der Waals surface area contributed by atoms with Gasteiger partial charge in [0, 0.05) is 24.6 Å². The van der Waals surface area contributed by atoms with E-state index in [2.05, 4.69) is 5.32 Å². The Kier molecular flexibility index (Phi) is 5.38. The highest BCUT2D eigenvalue weighted by molar-refractivity contribution is 7.92. The SMILES string of the molecule is Cc1ccc2c(c1)OC(C)(C)C[C@H]2NC(=O)c1ccc(N(C)S(C)(=O)=O)c(C)c1. The van der Waals surface area contributed by atoms with Crippen LogP contribution in [0.5, 0.6) is 5.75 Å². The Labute approximate surface area is 172 Å². The second-order valence-corrected chi connectivity index (χ2v) is 10.4. The number of hydrogen-bond acceptors (Lipinski definition) is 4. The zero-order valence-corrected chi connectivity index (χ0v) is 18.6. The van der Waals surface area contributed by atoms with Gasteiger partial charge in [0.1, 0.15) is 11.4 Å². The molecular weight excluding hydrogens is 388 g/mol. The minimum absolute atomic E-state index is 0.166. The highest BCUT2D eigenvalue weighted by Crippen LogP contribution is 2.40. The van der Waals surface area contributed by atoms with Gasteiger partial charge in [-0.15, -0.1) is 0 Å². The number of hydrogen-bond donors (Lipinski definition) is 1. The third kappa shape index (κ3) is 4.56. The number of sulfonamides is 1. The fourth-order valence-electron chi connectivity index (χ4n) is 3.66. The van der Waals surface area contributed by atoms with Crippen molar-refractivity contribution in [3.63, 3.8) is 0 Å². The number of nitrogens with zero attached hydrogens (tertiary/aromatic N) is 1. The molecule has 1 N–H and O–H groups in total. The molecule has 0 saturated heterocycles. The molecule has 0 aliphatic carbocycles. The van der Waals surface area contributed by atoms with Crippen LogP contribution in [0, 0.1) is 13.8 Å². The summed E-state index contributed by atoms with van der Waals surface area (Å²) in [6.45, 7) is 7.83. The number of ether oxygens (including phenoxy) is 1. The number of nitrogens with one attached hydrogen (secondary N) is 1. The van der Waals surface area contributed by atoms with Crippen molar-refractivity contribution in [2.24, 2.45) is 0 Å². The summed E-state index contributed by atoms with van der Waals surface area (Å²) in [6.07, 6.45) is 1.81. The minimum atomic E-state index is -3.37. The Morgan fingerprint density at radius 2 is 1.86 bits per heavy atom. The van der Waals surface area contributed by atoms with Gasteiger partial charge in [0.2, 0.25) is 10.0 Å². The number of carbonyl (C=O) groups is 1. The molecule has 2 aromatic rings. The zero-order valence-electron chi connectivity index (χ0n) is 17.7. The molecule has 2 aromatic carbocycles. The van der Waals surface area contributed by atoms with E-state index in [1.807, 2.05) is 39.0 Å². The Morgan fingerprint density at radius 3 is 2.48 bits per heavy atom. The summed E-state index contributed by atoms with van der Waals surface area (Å²) in [7, 11) is -1.86. The molecule has 3 rings (SSSR count). The molecule has 1 heterocycles. The van der Waals surface area contributed by atoms with Gasteiger partial charge in [-0.1, -0.05) is 12.1 Å². The molecule has 1 aliphatic heterocycles. The molecule has 1 aliphatic rings. The van der Waals surface area contributed by atoms with Crippen molar-refractivity contribution in [1.29, 1.82) is 0 Å². The monoisotopic (exact) mass is 416 g/mol. The van der Waals surface area contributed by atoms with Crippen LogP contribution < -0.4 is 14.4 Å². The fraction of sp³-hybridized carbons (Fsp3) is 0.409. The number of amides is 1. The first-order valence-corrected chi connectivity index (χ1v) is 11.4. The number of fused-ring (bicyclic) bond motifs is 1. The van der Waals surface area contributed by atoms with Gasteiger partial charge in [0.15, 0.2) is 0 Å². The smallest absolute Gasteiger partial charge is 0.251 e. The van der Waals surface area contributed by atoms with E-state index in [0.29, 0.717) is 23.2 Å². The Morgan fingerprint density at radius 1 is 1.17 bits per heavy atom. The van der Waals surface area contributed by atoms with E-state index in [4.69, 9.17) is 4.74 Å². The average Bonchev–Trinajstić information content (AvgIpc) is 2.58. The molecule has 0 aromatic heterocycles. The summed E-state index contributed by atoms with van der Waals surface area (Å²) >= 11 is 0. The molecule has 1 atom stereocenters. The number of aryl methyl sites for hydroxylation is 2. The zero-order chi connectivity index (χ0) is 21.6. The first kappa shape index (κ1) is 21.2. The maximum absolute atomic E-state index is 12.9. The van der Waals surface area contributed by atoms with Crippen molar-refractivity contribution in [3.8, 4) is 5.75 Å². The molecule has 29 heavy (non-hydrogen) atoms. The number of carbonyl (C=O) groups excluding carboxylic acids is 1. The van der Waals surface area contributed by atoms with Crippen molar-refractivity contribution in [2.45, 2.75) is 45.8 Å². The lowest BCUT2D eigenvalue weighted by Gasteiger charge is -2.38. The van der Waals surface area contributed by atoms with Gasteiger partial charge in [0.05, 0.1) is 18.0 Å². The predicted octanol–water partition coefficient (Wildman–Crippen LogP) is 3.73. The fourth-order valence-corrected chi connectivity index (χ4v) is 4.22. The van der Waals surface area contributed by atoms with Gasteiger partial charge in [-0.25, -0.2) is 8.42 Å². The highest BCUT2D eigenvalue weighted by Gasteiger charge is 2.34. The van der Waals surface area contributed by atoms with Gasteiger partial charge in [-0.3, -0.25) is 9.10 Å². The summed E-state index contributed by atoms with van der Waals surface area (Å²) < 4.78 is 30.9. The molecule has 6 nitrogen and oxygen atoms in total. The van der Waals surface area contributed by atoms with E-state index in [1.165, 1.54) is 11.4 Å². The minimum Gasteiger partial charge on any atom is -0.487 e. The van der Waals surface area contributed by atoms with Crippen LogP contribution in [0.1, 0.15) is 53.4 Å². The van der Waals surface area contributed by atoms with Gasteiger partial charge < -0.3 is 10.1 Å². The van der Waals surface area contributed by atoms with E-state index in [1.54, 1.807) is 25.1 Å². The second kappa shape index (κ2) is 7.37. The van der Waals surface area contributed by atoms with Crippen molar-refractivity contribution >= 4 is 21.6 Å². The maximum Gasteiger partial charge on any atom is 0.251 e. The number of benzene rings is 2. The largest absolute Gasteiger partial charge is 0.487 e. The van der Waals surface area contributed by atoms with E-state index in [0.717, 1.165) is 23.1 Å². The standard InChI is InChI=1S/C22H28N2O4S/c1-14-7-9-17-18(13-22(3,4)28-20(17)11-14)23-21(25)16-8-10-19(15(2)12-16)24(5)29(6,26)27/h7-12,18H,13H2,1-6H3,(H,23,25)/t18-/m1/s1. The lowest BCUT2D eigenvalue weighted by molar-refractivity contribution is 0.0619. The highest BCUT2D eigenvalue weighted by atomic mass is 32.2. The van der Waals surface area contributed by atoms with E-state index >= 15 is 0 Å². The first-order chi connectivity index (χ1) is 13.4. The van der Waals surface area contributed by atoms with Crippen LogP contribution in [0.4, 0.5) is 5.69 Å². The maximum atomic E-state index is 12.9. The first-order valence-electron chi connectivity index (χ1n) is 9.52. The van der Waals surface area contributed by atoms with E-state index in [-0.39, 0.29) is 11.9 Å². The van der Waals surface area contributed by atoms with Crippen LogP contribution >= 0.6 is 0 Å². The summed E-state index contributed by atoms with van der Waals surface area (Å²) in [6, 6.07) is 10.9. The van der Waals surface area contributed by atoms with Crippen LogP contribution in [0.3, 0.4) is 0 Å².